The Morgan fingerprint density at radius 3 is 0.542 bits per heavy atom. The van der Waals surface area contributed by atoms with Gasteiger partial charge in [-0.15, -0.1) is 0 Å². The third kappa shape index (κ3) is 1.77. The van der Waals surface area contributed by atoms with Crippen LogP contribution in [0.25, 0.3) is 32.3 Å². The quantitative estimate of drug-likeness (QED) is 0.216. The first-order chi connectivity index (χ1) is 11.4. The number of anilines is 6. The van der Waals surface area contributed by atoms with E-state index in [9.17, 15) is 0 Å². The molecule has 0 aliphatic heterocycles. The average Bonchev–Trinajstić information content (AvgIpc) is 2.53. The number of hydrogen-bond donors (Lipinski definition) is 6. The maximum absolute atomic E-state index is 6.02. The van der Waals surface area contributed by atoms with Crippen molar-refractivity contribution in [3.8, 4) is 0 Å². The Labute approximate surface area is 138 Å². The number of hydrogen-bond acceptors (Lipinski definition) is 6. The van der Waals surface area contributed by atoms with Crippen molar-refractivity contribution in [1.29, 1.82) is 0 Å². The molecule has 0 aromatic heterocycles. The van der Waals surface area contributed by atoms with Gasteiger partial charge in [-0.1, -0.05) is 0 Å². The molecule has 4 aromatic rings. The molecule has 0 radical (unpaired) electrons. The van der Waals surface area contributed by atoms with E-state index in [-0.39, 0.29) is 0 Å². The molecule has 4 aromatic carbocycles. The van der Waals surface area contributed by atoms with Gasteiger partial charge in [-0.05, 0) is 68.7 Å². The van der Waals surface area contributed by atoms with Crippen molar-refractivity contribution in [2.45, 2.75) is 0 Å². The first-order valence-electron chi connectivity index (χ1n) is 7.45. The average molecular weight is 318 g/mol. The Kier molecular flexibility index (Phi) is 2.63. The van der Waals surface area contributed by atoms with Crippen LogP contribution in [-0.2, 0) is 0 Å². The van der Waals surface area contributed by atoms with Crippen LogP contribution in [-0.4, -0.2) is 0 Å². The molecule has 0 saturated carbocycles. The van der Waals surface area contributed by atoms with Gasteiger partial charge in [0.15, 0.2) is 0 Å². The number of nitrogen functional groups attached to an aromatic ring is 6. The van der Waals surface area contributed by atoms with Gasteiger partial charge in [0.2, 0.25) is 0 Å². The van der Waals surface area contributed by atoms with Crippen molar-refractivity contribution >= 4 is 66.4 Å². The van der Waals surface area contributed by atoms with Crippen molar-refractivity contribution in [2.75, 3.05) is 34.4 Å². The van der Waals surface area contributed by atoms with Crippen LogP contribution in [0.3, 0.4) is 0 Å². The van der Waals surface area contributed by atoms with Crippen molar-refractivity contribution in [3.63, 3.8) is 0 Å². The second-order valence-corrected chi connectivity index (χ2v) is 6.08. The molecule has 6 heteroatoms. The maximum atomic E-state index is 6.02. The highest BCUT2D eigenvalue weighted by atomic mass is 14.7. The zero-order valence-electron chi connectivity index (χ0n) is 12.9. The van der Waals surface area contributed by atoms with Crippen molar-refractivity contribution in [3.05, 3.63) is 36.4 Å². The van der Waals surface area contributed by atoms with Crippen LogP contribution in [0.4, 0.5) is 34.1 Å². The SMILES string of the molecule is Nc1cc2c3cc(N)c(N)cc3c3cc(N)c(N)cc3c2cc1N. The highest BCUT2D eigenvalue weighted by molar-refractivity contribution is 6.28. The molecule has 12 N–H and O–H groups in total. The molecule has 0 atom stereocenters. The van der Waals surface area contributed by atoms with Gasteiger partial charge >= 0.3 is 0 Å². The van der Waals surface area contributed by atoms with Crippen LogP contribution in [0.15, 0.2) is 36.4 Å². The fourth-order valence-electron chi connectivity index (χ4n) is 3.24. The van der Waals surface area contributed by atoms with E-state index < -0.39 is 0 Å². The molecule has 0 bridgehead atoms. The largest absolute Gasteiger partial charge is 0.397 e. The third-order valence-corrected chi connectivity index (χ3v) is 4.54. The zero-order valence-corrected chi connectivity index (χ0v) is 12.9. The Hall–Kier alpha value is -3.54. The molecule has 0 heterocycles. The van der Waals surface area contributed by atoms with Gasteiger partial charge < -0.3 is 34.4 Å². The topological polar surface area (TPSA) is 156 Å². The molecule has 0 spiro atoms. The van der Waals surface area contributed by atoms with Crippen LogP contribution in [0.2, 0.25) is 0 Å². The van der Waals surface area contributed by atoms with Gasteiger partial charge in [0.1, 0.15) is 0 Å². The Morgan fingerprint density at radius 1 is 0.292 bits per heavy atom. The van der Waals surface area contributed by atoms with Gasteiger partial charge in [0.25, 0.3) is 0 Å². The number of fused-ring (bicyclic) bond motifs is 6. The molecule has 0 aliphatic rings. The van der Waals surface area contributed by atoms with Gasteiger partial charge in [-0.25, -0.2) is 0 Å². The second-order valence-electron chi connectivity index (χ2n) is 6.08. The summed E-state index contributed by atoms with van der Waals surface area (Å²) in [6.45, 7) is 0. The predicted octanol–water partition coefficient (Wildman–Crippen LogP) is 2.64. The summed E-state index contributed by atoms with van der Waals surface area (Å²) < 4.78 is 0. The summed E-state index contributed by atoms with van der Waals surface area (Å²) in [6, 6.07) is 11.1. The summed E-state index contributed by atoms with van der Waals surface area (Å²) in [5, 5.41) is 5.67. The fraction of sp³-hybridized carbons (Fsp3) is 0. The molecule has 0 aliphatic carbocycles. The summed E-state index contributed by atoms with van der Waals surface area (Å²) in [7, 11) is 0. The van der Waals surface area contributed by atoms with E-state index in [1.165, 1.54) is 0 Å². The van der Waals surface area contributed by atoms with Crippen LogP contribution in [0, 0.1) is 0 Å². The number of benzene rings is 4. The van der Waals surface area contributed by atoms with E-state index >= 15 is 0 Å². The standard InChI is InChI=1S/C18H18N6/c19-13-1-7-8(2-14(13)20)10-4-17(23)18(24)6-12(10)11-5-16(22)15(21)3-9(7)11/h1-6H,19-24H2. The second kappa shape index (κ2) is 4.48. The smallest absolute Gasteiger partial charge is 0.0554 e. The summed E-state index contributed by atoms with van der Waals surface area (Å²) in [4.78, 5) is 0. The lowest BCUT2D eigenvalue weighted by Gasteiger charge is -2.15. The van der Waals surface area contributed by atoms with E-state index in [0.717, 1.165) is 32.3 Å². The number of nitrogens with two attached hydrogens (primary N) is 6. The van der Waals surface area contributed by atoms with Crippen LogP contribution >= 0.6 is 0 Å². The normalized spacial score (nSPS) is 11.5. The molecular weight excluding hydrogens is 300 g/mol. The fourth-order valence-corrected chi connectivity index (χ4v) is 3.24. The minimum atomic E-state index is 0.516. The molecule has 0 fully saturated rings. The van der Waals surface area contributed by atoms with Gasteiger partial charge in [-0.3, -0.25) is 0 Å². The Bertz CT molecular complexity index is 896. The number of rotatable bonds is 0. The predicted molar refractivity (Wildman–Crippen MR) is 105 cm³/mol. The van der Waals surface area contributed by atoms with Crippen LogP contribution in [0.1, 0.15) is 0 Å². The lowest BCUT2D eigenvalue weighted by Crippen LogP contribution is -1.99. The Morgan fingerprint density at radius 2 is 0.417 bits per heavy atom. The molecule has 24 heavy (non-hydrogen) atoms. The molecule has 0 amide bonds. The lowest BCUT2D eigenvalue weighted by molar-refractivity contribution is 1.70. The van der Waals surface area contributed by atoms with E-state index in [2.05, 4.69) is 0 Å². The first kappa shape index (κ1) is 14.1. The van der Waals surface area contributed by atoms with Gasteiger partial charge in [0, 0.05) is 0 Å². The first-order valence-corrected chi connectivity index (χ1v) is 7.45. The molecule has 6 nitrogen and oxygen atoms in total. The summed E-state index contributed by atoms with van der Waals surface area (Å²) >= 11 is 0. The van der Waals surface area contributed by atoms with E-state index in [1.807, 2.05) is 36.4 Å². The summed E-state index contributed by atoms with van der Waals surface area (Å²) in [5.74, 6) is 0. The van der Waals surface area contributed by atoms with Crippen molar-refractivity contribution in [2.24, 2.45) is 0 Å². The maximum Gasteiger partial charge on any atom is 0.0554 e. The van der Waals surface area contributed by atoms with Gasteiger partial charge in [-0.2, -0.15) is 0 Å². The van der Waals surface area contributed by atoms with E-state index in [0.29, 0.717) is 34.1 Å². The highest BCUT2D eigenvalue weighted by Crippen LogP contribution is 2.41. The zero-order chi connectivity index (χ0) is 17.2. The van der Waals surface area contributed by atoms with Gasteiger partial charge in [0.05, 0.1) is 34.1 Å². The molecule has 4 rings (SSSR count). The molecule has 0 unspecified atom stereocenters. The summed E-state index contributed by atoms with van der Waals surface area (Å²) in [5.41, 5.74) is 39.2. The van der Waals surface area contributed by atoms with Crippen molar-refractivity contribution < 1.29 is 0 Å². The highest BCUT2D eigenvalue weighted by Gasteiger charge is 2.13. The minimum Gasteiger partial charge on any atom is -0.397 e. The molecule has 120 valence electrons. The Balaban J connectivity index is 2.40. The van der Waals surface area contributed by atoms with Crippen LogP contribution < -0.4 is 34.4 Å². The van der Waals surface area contributed by atoms with E-state index in [1.54, 1.807) is 0 Å². The molecule has 0 saturated heterocycles. The minimum absolute atomic E-state index is 0.516. The molecular formula is C18H18N6. The van der Waals surface area contributed by atoms with E-state index in [4.69, 9.17) is 34.4 Å². The third-order valence-electron chi connectivity index (χ3n) is 4.54. The summed E-state index contributed by atoms with van der Waals surface area (Å²) in [6.07, 6.45) is 0. The van der Waals surface area contributed by atoms with Crippen molar-refractivity contribution in [1.82, 2.24) is 0 Å². The lowest BCUT2D eigenvalue weighted by atomic mass is 9.92. The monoisotopic (exact) mass is 318 g/mol. The van der Waals surface area contributed by atoms with Crippen LogP contribution in [0.5, 0.6) is 0 Å².